The fourth-order valence-electron chi connectivity index (χ4n) is 2.64. The molecule has 0 radical (unpaired) electrons. The maximum Gasteiger partial charge on any atom is 0.193 e. The number of carbonyl (C=O) groups is 2. The molecule has 0 amide bonds. The molecule has 0 atom stereocenters. The molecule has 0 aliphatic carbocycles. The van der Waals surface area contributed by atoms with E-state index in [0.29, 0.717) is 16.7 Å². The Kier molecular flexibility index (Phi) is 4.11. The van der Waals surface area contributed by atoms with Crippen LogP contribution >= 0.6 is 0 Å². The van der Waals surface area contributed by atoms with Gasteiger partial charge in [0.25, 0.3) is 0 Å². The van der Waals surface area contributed by atoms with E-state index in [1.54, 1.807) is 36.7 Å². The van der Waals surface area contributed by atoms with Crippen LogP contribution in [0.5, 0.6) is 0 Å². The van der Waals surface area contributed by atoms with Crippen molar-refractivity contribution in [2.24, 2.45) is 0 Å². The molecule has 3 nitrogen and oxygen atoms in total. The van der Waals surface area contributed by atoms with E-state index < -0.39 is 0 Å². The highest BCUT2D eigenvalue weighted by Crippen LogP contribution is 2.28. The van der Waals surface area contributed by atoms with E-state index in [0.717, 1.165) is 11.1 Å². The lowest BCUT2D eigenvalue weighted by Gasteiger charge is -2.12. The average Bonchev–Trinajstić information content (AvgIpc) is 2.62. The van der Waals surface area contributed by atoms with Crippen LogP contribution in [0.15, 0.2) is 73.1 Å². The molecular formula is C20H15NO2. The van der Waals surface area contributed by atoms with Gasteiger partial charge in [-0.15, -0.1) is 0 Å². The molecule has 1 heterocycles. The first-order chi connectivity index (χ1) is 11.2. The van der Waals surface area contributed by atoms with Crippen LogP contribution in [0, 0.1) is 0 Å². The number of pyridine rings is 1. The molecule has 3 heteroatoms. The van der Waals surface area contributed by atoms with Crippen molar-refractivity contribution in [2.75, 3.05) is 0 Å². The Hall–Kier alpha value is -3.07. The summed E-state index contributed by atoms with van der Waals surface area (Å²) in [5, 5.41) is 0. The molecule has 0 aliphatic heterocycles. The van der Waals surface area contributed by atoms with Crippen molar-refractivity contribution in [1.82, 2.24) is 4.98 Å². The van der Waals surface area contributed by atoms with Crippen LogP contribution in [0.3, 0.4) is 0 Å². The third kappa shape index (κ3) is 2.94. The lowest BCUT2D eigenvalue weighted by atomic mass is 9.90. The van der Waals surface area contributed by atoms with E-state index in [1.807, 2.05) is 36.4 Å². The molecule has 3 aromatic rings. The van der Waals surface area contributed by atoms with E-state index in [-0.39, 0.29) is 11.6 Å². The summed E-state index contributed by atoms with van der Waals surface area (Å²) >= 11 is 0. The number of carbonyl (C=O) groups excluding carboxylic acids is 2. The molecule has 0 aliphatic rings. The first-order valence-corrected chi connectivity index (χ1v) is 7.32. The normalized spacial score (nSPS) is 10.3. The first-order valence-electron chi connectivity index (χ1n) is 7.32. The summed E-state index contributed by atoms with van der Waals surface area (Å²) in [6, 6.07) is 18.0. The third-order valence-corrected chi connectivity index (χ3v) is 3.69. The number of aromatic nitrogens is 1. The monoisotopic (exact) mass is 301 g/mol. The largest absolute Gasteiger partial charge is 0.294 e. The number of hydrogen-bond acceptors (Lipinski definition) is 3. The molecule has 0 bridgehead atoms. The van der Waals surface area contributed by atoms with Crippen molar-refractivity contribution in [3.05, 3.63) is 89.7 Å². The molecule has 0 unspecified atom stereocenters. The molecule has 0 saturated carbocycles. The minimum Gasteiger partial charge on any atom is -0.294 e. The van der Waals surface area contributed by atoms with Gasteiger partial charge in [0.1, 0.15) is 0 Å². The Morgan fingerprint density at radius 1 is 0.826 bits per heavy atom. The summed E-state index contributed by atoms with van der Waals surface area (Å²) in [7, 11) is 0. The van der Waals surface area contributed by atoms with Crippen LogP contribution in [0.2, 0.25) is 0 Å². The van der Waals surface area contributed by atoms with Gasteiger partial charge in [-0.3, -0.25) is 14.6 Å². The van der Waals surface area contributed by atoms with Crippen molar-refractivity contribution in [3.63, 3.8) is 0 Å². The fourth-order valence-corrected chi connectivity index (χ4v) is 2.64. The molecular weight excluding hydrogens is 286 g/mol. The molecule has 0 saturated heterocycles. The van der Waals surface area contributed by atoms with Crippen molar-refractivity contribution in [1.29, 1.82) is 0 Å². The van der Waals surface area contributed by atoms with E-state index in [9.17, 15) is 9.59 Å². The third-order valence-electron chi connectivity index (χ3n) is 3.69. The van der Waals surface area contributed by atoms with E-state index in [1.165, 1.54) is 6.92 Å². The van der Waals surface area contributed by atoms with Crippen molar-refractivity contribution >= 4 is 11.6 Å². The Morgan fingerprint density at radius 3 is 2.17 bits per heavy atom. The van der Waals surface area contributed by atoms with Crippen molar-refractivity contribution in [2.45, 2.75) is 6.92 Å². The standard InChI is InChI=1S/C20H15NO2/c1-14(22)19-17(15-10-12-21-13-11-15)8-5-9-18(19)20(23)16-6-3-2-4-7-16/h2-13H,1H3. The maximum atomic E-state index is 12.8. The fraction of sp³-hybridized carbons (Fsp3) is 0.0500. The molecule has 2 aromatic carbocycles. The van der Waals surface area contributed by atoms with E-state index in [2.05, 4.69) is 4.98 Å². The smallest absolute Gasteiger partial charge is 0.193 e. The van der Waals surface area contributed by atoms with Crippen LogP contribution in [-0.4, -0.2) is 16.6 Å². The Bertz CT molecular complexity index is 855. The quantitative estimate of drug-likeness (QED) is 0.679. The molecule has 0 N–H and O–H groups in total. The Balaban J connectivity index is 2.19. The Morgan fingerprint density at radius 2 is 1.52 bits per heavy atom. The van der Waals surface area contributed by atoms with Gasteiger partial charge in [0.05, 0.1) is 0 Å². The summed E-state index contributed by atoms with van der Waals surface area (Å²) < 4.78 is 0. The van der Waals surface area contributed by atoms with Crippen LogP contribution in [-0.2, 0) is 0 Å². The average molecular weight is 301 g/mol. The van der Waals surface area contributed by atoms with Gasteiger partial charge < -0.3 is 0 Å². The second-order valence-electron chi connectivity index (χ2n) is 5.22. The number of Topliss-reactive ketones (excluding diaryl/α,β-unsaturated/α-hetero) is 1. The van der Waals surface area contributed by atoms with Crippen molar-refractivity contribution in [3.8, 4) is 11.1 Å². The number of benzene rings is 2. The summed E-state index contributed by atoms with van der Waals surface area (Å²) in [5.41, 5.74) is 3.07. The summed E-state index contributed by atoms with van der Waals surface area (Å²) in [4.78, 5) is 29.0. The highest BCUT2D eigenvalue weighted by Gasteiger charge is 2.19. The zero-order chi connectivity index (χ0) is 16.2. The lowest BCUT2D eigenvalue weighted by molar-refractivity contribution is 0.0991. The molecule has 23 heavy (non-hydrogen) atoms. The van der Waals surface area contributed by atoms with Crippen molar-refractivity contribution < 1.29 is 9.59 Å². The number of hydrogen-bond donors (Lipinski definition) is 0. The first kappa shape index (κ1) is 14.9. The second kappa shape index (κ2) is 6.36. The minimum absolute atomic E-state index is 0.128. The summed E-state index contributed by atoms with van der Waals surface area (Å²) in [6.07, 6.45) is 3.34. The van der Waals surface area contributed by atoms with Crippen LogP contribution in [0.25, 0.3) is 11.1 Å². The van der Waals surface area contributed by atoms with Gasteiger partial charge in [0.15, 0.2) is 11.6 Å². The number of rotatable bonds is 4. The number of nitrogens with zero attached hydrogens (tertiary/aromatic N) is 1. The van der Waals surface area contributed by atoms with Gasteiger partial charge >= 0.3 is 0 Å². The van der Waals surface area contributed by atoms with Crippen LogP contribution < -0.4 is 0 Å². The van der Waals surface area contributed by atoms with E-state index >= 15 is 0 Å². The van der Waals surface area contributed by atoms with Gasteiger partial charge in [-0.1, -0.05) is 48.5 Å². The zero-order valence-electron chi connectivity index (χ0n) is 12.7. The molecule has 1 aromatic heterocycles. The summed E-state index contributed by atoms with van der Waals surface area (Å²) in [5.74, 6) is -0.275. The minimum atomic E-state index is -0.147. The predicted octanol–water partition coefficient (Wildman–Crippen LogP) is 4.18. The SMILES string of the molecule is CC(=O)c1c(C(=O)c2ccccc2)cccc1-c1ccncc1. The molecule has 112 valence electrons. The van der Waals surface area contributed by atoms with Gasteiger partial charge in [0.2, 0.25) is 0 Å². The number of ketones is 2. The highest BCUT2D eigenvalue weighted by molar-refractivity contribution is 6.17. The lowest BCUT2D eigenvalue weighted by Crippen LogP contribution is -2.10. The highest BCUT2D eigenvalue weighted by atomic mass is 16.1. The van der Waals surface area contributed by atoms with Gasteiger partial charge in [-0.25, -0.2) is 0 Å². The second-order valence-corrected chi connectivity index (χ2v) is 5.22. The predicted molar refractivity (Wildman–Crippen MR) is 89.6 cm³/mol. The van der Waals surface area contributed by atoms with Gasteiger partial charge in [-0.05, 0) is 30.2 Å². The topological polar surface area (TPSA) is 47.0 Å². The van der Waals surface area contributed by atoms with Gasteiger partial charge in [-0.2, -0.15) is 0 Å². The van der Waals surface area contributed by atoms with Crippen LogP contribution in [0.1, 0.15) is 33.2 Å². The molecule has 0 fully saturated rings. The Labute approximate surface area is 134 Å². The van der Waals surface area contributed by atoms with Crippen LogP contribution in [0.4, 0.5) is 0 Å². The summed E-state index contributed by atoms with van der Waals surface area (Å²) in [6.45, 7) is 1.49. The van der Waals surface area contributed by atoms with Gasteiger partial charge in [0, 0.05) is 29.1 Å². The van der Waals surface area contributed by atoms with E-state index in [4.69, 9.17) is 0 Å². The molecule has 3 rings (SSSR count). The zero-order valence-corrected chi connectivity index (χ0v) is 12.7. The maximum absolute atomic E-state index is 12.8. The molecule has 0 spiro atoms.